The van der Waals surface area contributed by atoms with E-state index < -0.39 is 32.2 Å². The van der Waals surface area contributed by atoms with Crippen LogP contribution in [0.1, 0.15) is 35.2 Å². The Morgan fingerprint density at radius 2 is 1.71 bits per heavy atom. The van der Waals surface area contributed by atoms with Gasteiger partial charge in [0.25, 0.3) is 0 Å². The number of nitrogens with one attached hydrogen (secondary N) is 1. The average Bonchev–Trinajstić information content (AvgIpc) is 3.00. The number of fused-ring (bicyclic) bond motifs is 2. The molecule has 0 aromatic heterocycles. The van der Waals surface area contributed by atoms with Crippen molar-refractivity contribution in [3.05, 3.63) is 65.2 Å². The van der Waals surface area contributed by atoms with E-state index in [0.29, 0.717) is 31.5 Å². The van der Waals surface area contributed by atoms with Gasteiger partial charge in [0.05, 0.1) is 5.56 Å². The Labute approximate surface area is 178 Å². The number of benzene rings is 2. The number of carbonyl (C=O) groups excluding carboxylic acids is 2. The molecule has 0 atom stereocenters. The average molecular weight is 450 g/mol. The molecule has 2 aliphatic heterocycles. The normalized spacial score (nSPS) is 17.5. The monoisotopic (exact) mass is 450 g/mol. The van der Waals surface area contributed by atoms with Crippen LogP contribution in [0.25, 0.3) is 0 Å². The highest BCUT2D eigenvalue weighted by Gasteiger charge is 2.47. The molecule has 1 amide bonds. The number of likely N-dealkylation sites (tertiary alicyclic amines) is 1. The summed E-state index contributed by atoms with van der Waals surface area (Å²) in [6.45, 7) is 0.388. The molecular formula is C21H20F2N2O5S. The van der Waals surface area contributed by atoms with E-state index in [2.05, 4.69) is 4.72 Å². The van der Waals surface area contributed by atoms with E-state index >= 15 is 0 Å². The maximum absolute atomic E-state index is 13.7. The molecule has 10 heteroatoms. The maximum Gasteiger partial charge on any atom is 0.339 e. The van der Waals surface area contributed by atoms with Crippen molar-refractivity contribution in [1.29, 1.82) is 0 Å². The van der Waals surface area contributed by atoms with Gasteiger partial charge in [-0.3, -0.25) is 4.79 Å². The lowest BCUT2D eigenvalue weighted by Gasteiger charge is -2.38. The largest absolute Gasteiger partial charge is 0.450 e. The van der Waals surface area contributed by atoms with Crippen molar-refractivity contribution in [3.8, 4) is 0 Å². The highest BCUT2D eigenvalue weighted by molar-refractivity contribution is 7.89. The van der Waals surface area contributed by atoms with Gasteiger partial charge >= 0.3 is 5.97 Å². The van der Waals surface area contributed by atoms with Crippen LogP contribution >= 0.6 is 0 Å². The fourth-order valence-electron chi connectivity index (χ4n) is 4.10. The summed E-state index contributed by atoms with van der Waals surface area (Å²) in [6.07, 6.45) is 0.708. The molecule has 31 heavy (non-hydrogen) atoms. The van der Waals surface area contributed by atoms with E-state index in [0.717, 1.165) is 23.8 Å². The van der Waals surface area contributed by atoms with Crippen LogP contribution in [0.5, 0.6) is 0 Å². The molecule has 4 rings (SSSR count). The quantitative estimate of drug-likeness (QED) is 0.706. The lowest BCUT2D eigenvalue weighted by Crippen LogP contribution is -2.46. The van der Waals surface area contributed by atoms with E-state index in [1.54, 1.807) is 17.0 Å². The second-order valence-corrected chi connectivity index (χ2v) is 9.21. The predicted molar refractivity (Wildman–Crippen MR) is 106 cm³/mol. The molecule has 1 fully saturated rings. The topological polar surface area (TPSA) is 92.8 Å². The molecule has 1 spiro atoms. The van der Waals surface area contributed by atoms with E-state index in [9.17, 15) is 26.8 Å². The third kappa shape index (κ3) is 3.92. The Morgan fingerprint density at radius 3 is 2.39 bits per heavy atom. The van der Waals surface area contributed by atoms with Crippen LogP contribution in [0.3, 0.4) is 0 Å². The van der Waals surface area contributed by atoms with Crippen LogP contribution in [0.4, 0.5) is 8.78 Å². The first-order valence-corrected chi connectivity index (χ1v) is 11.3. The minimum Gasteiger partial charge on any atom is -0.450 e. The molecule has 2 aromatic rings. The van der Waals surface area contributed by atoms with Gasteiger partial charge in [-0.2, -0.15) is 0 Å². The van der Waals surface area contributed by atoms with Crippen LogP contribution < -0.4 is 4.72 Å². The highest BCUT2D eigenvalue weighted by Crippen LogP contribution is 2.43. The van der Waals surface area contributed by atoms with Gasteiger partial charge in [0, 0.05) is 44.5 Å². The first-order valence-electron chi connectivity index (χ1n) is 9.78. The van der Waals surface area contributed by atoms with Crippen molar-refractivity contribution in [2.75, 3.05) is 19.6 Å². The van der Waals surface area contributed by atoms with Gasteiger partial charge in [-0.05, 0) is 18.2 Å². The number of esters is 1. The Balaban J connectivity index is 1.34. The summed E-state index contributed by atoms with van der Waals surface area (Å²) < 4.78 is 59.5. The summed E-state index contributed by atoms with van der Waals surface area (Å²) in [5.74, 6) is -3.08. The van der Waals surface area contributed by atoms with Crippen molar-refractivity contribution in [2.45, 2.75) is 29.8 Å². The highest BCUT2D eigenvalue weighted by atomic mass is 32.2. The van der Waals surface area contributed by atoms with Crippen LogP contribution in [0.15, 0.2) is 47.4 Å². The zero-order valence-corrected chi connectivity index (χ0v) is 17.3. The number of halogens is 2. The molecule has 7 nitrogen and oxygen atoms in total. The molecule has 0 aliphatic carbocycles. The maximum atomic E-state index is 13.7. The number of rotatable bonds is 5. The summed E-state index contributed by atoms with van der Waals surface area (Å²) in [6, 6.07) is 9.94. The summed E-state index contributed by atoms with van der Waals surface area (Å²) in [5.41, 5.74) is 0.623. The predicted octanol–water partition coefficient (Wildman–Crippen LogP) is 2.32. The molecule has 2 aliphatic rings. The standard InChI is InChI=1S/C21H20F2N2O5S/c22-16-6-3-7-17(23)19(16)31(28,29)24-11-8-18(26)25-12-9-21(10-13-25)15-5-2-1-4-14(15)20(27)30-21/h1-7,24H,8-13H2. The number of hydrogen-bond donors (Lipinski definition) is 1. The third-order valence-corrected chi connectivity index (χ3v) is 7.18. The van der Waals surface area contributed by atoms with Gasteiger partial charge in [-0.1, -0.05) is 24.3 Å². The number of carbonyl (C=O) groups is 2. The SMILES string of the molecule is O=C1OC2(CCN(C(=O)CCNS(=O)(=O)c3c(F)cccc3F)CC2)c2ccccc21. The van der Waals surface area contributed by atoms with Crippen molar-refractivity contribution in [3.63, 3.8) is 0 Å². The summed E-state index contributed by atoms with van der Waals surface area (Å²) >= 11 is 0. The van der Waals surface area contributed by atoms with Gasteiger partial charge in [-0.25, -0.2) is 26.7 Å². The molecule has 1 saturated heterocycles. The number of amides is 1. The van der Waals surface area contributed by atoms with E-state index in [1.165, 1.54) is 0 Å². The van der Waals surface area contributed by atoms with Crippen molar-refractivity contribution in [1.82, 2.24) is 9.62 Å². The van der Waals surface area contributed by atoms with E-state index in [-0.39, 0.29) is 24.8 Å². The summed E-state index contributed by atoms with van der Waals surface area (Å²) in [5, 5.41) is 0. The number of hydrogen-bond acceptors (Lipinski definition) is 5. The molecule has 2 aromatic carbocycles. The minimum absolute atomic E-state index is 0.168. The molecule has 0 radical (unpaired) electrons. The zero-order chi connectivity index (χ0) is 22.2. The zero-order valence-electron chi connectivity index (χ0n) is 16.4. The fraction of sp³-hybridized carbons (Fsp3) is 0.333. The second kappa shape index (κ2) is 8.01. The van der Waals surface area contributed by atoms with Crippen molar-refractivity contribution >= 4 is 21.9 Å². The fourth-order valence-corrected chi connectivity index (χ4v) is 5.26. The van der Waals surface area contributed by atoms with Crippen molar-refractivity contribution in [2.24, 2.45) is 0 Å². The molecule has 1 N–H and O–H groups in total. The molecule has 164 valence electrons. The molecule has 0 unspecified atom stereocenters. The van der Waals surface area contributed by atoms with Gasteiger partial charge in [0.15, 0.2) is 4.90 Å². The van der Waals surface area contributed by atoms with E-state index in [4.69, 9.17) is 4.74 Å². The molecule has 2 heterocycles. The van der Waals surface area contributed by atoms with Crippen LogP contribution in [-0.4, -0.2) is 44.8 Å². The van der Waals surface area contributed by atoms with Crippen LogP contribution in [0.2, 0.25) is 0 Å². The first kappa shape index (κ1) is 21.4. The molecule has 0 saturated carbocycles. The lowest BCUT2D eigenvalue weighted by molar-refractivity contribution is -0.135. The molecule has 0 bridgehead atoms. The first-order chi connectivity index (χ1) is 14.7. The second-order valence-electron chi connectivity index (χ2n) is 7.51. The third-order valence-electron chi connectivity index (χ3n) is 5.67. The number of ether oxygens (including phenoxy) is 1. The number of nitrogens with zero attached hydrogens (tertiary/aromatic N) is 1. The van der Waals surface area contributed by atoms with Crippen LogP contribution in [-0.2, 0) is 25.2 Å². The Kier molecular flexibility index (Phi) is 5.52. The Hall–Kier alpha value is -2.85. The van der Waals surface area contributed by atoms with Crippen LogP contribution in [0, 0.1) is 11.6 Å². The smallest absolute Gasteiger partial charge is 0.339 e. The Morgan fingerprint density at radius 1 is 1.06 bits per heavy atom. The Bertz CT molecular complexity index is 1120. The lowest BCUT2D eigenvalue weighted by atomic mass is 9.83. The van der Waals surface area contributed by atoms with Gasteiger partial charge in [0.2, 0.25) is 15.9 Å². The van der Waals surface area contributed by atoms with E-state index in [1.807, 2.05) is 12.1 Å². The van der Waals surface area contributed by atoms with Gasteiger partial charge in [0.1, 0.15) is 17.2 Å². The number of piperidine rings is 1. The van der Waals surface area contributed by atoms with Crippen molar-refractivity contribution < 1.29 is 31.5 Å². The summed E-state index contributed by atoms with van der Waals surface area (Å²) in [4.78, 5) is 25.1. The number of sulfonamides is 1. The minimum atomic E-state index is -4.43. The molecular weight excluding hydrogens is 430 g/mol. The van der Waals surface area contributed by atoms with Gasteiger partial charge < -0.3 is 9.64 Å². The summed E-state index contributed by atoms with van der Waals surface area (Å²) in [7, 11) is -4.43. The van der Waals surface area contributed by atoms with Gasteiger partial charge in [-0.15, -0.1) is 0 Å².